The molecule has 0 aliphatic heterocycles. The van der Waals surface area contributed by atoms with E-state index in [1.54, 1.807) is 29.1 Å². The average molecular weight is 269 g/mol. The molecule has 3 nitrogen and oxygen atoms in total. The smallest absolute Gasteiger partial charge is 0.288 e. The third-order valence-electron chi connectivity index (χ3n) is 2.32. The third kappa shape index (κ3) is 3.73. The molecule has 0 amide bonds. The van der Waals surface area contributed by atoms with Crippen molar-refractivity contribution in [2.75, 3.05) is 11.9 Å². The Kier molecular flexibility index (Phi) is 4.58. The summed E-state index contributed by atoms with van der Waals surface area (Å²) in [5, 5.41) is 7.21. The minimum atomic E-state index is -2.40. The fourth-order valence-electron chi connectivity index (χ4n) is 1.55. The maximum atomic E-state index is 12.4. The van der Waals surface area contributed by atoms with Crippen molar-refractivity contribution < 1.29 is 8.78 Å². The molecule has 18 heavy (non-hydrogen) atoms. The first-order valence-electron chi connectivity index (χ1n) is 5.51. The average Bonchev–Trinajstić information content (AvgIpc) is 2.84. The minimum absolute atomic E-state index is 0.555. The van der Waals surface area contributed by atoms with Crippen LogP contribution in [-0.2, 0) is 6.54 Å². The Hall–Kier alpha value is -1.56. The number of nitrogens with zero attached hydrogens (tertiary/aromatic N) is 2. The van der Waals surface area contributed by atoms with Gasteiger partial charge in [-0.1, -0.05) is 23.9 Å². The lowest BCUT2D eigenvalue weighted by atomic mass is 10.3. The molecule has 0 fully saturated rings. The summed E-state index contributed by atoms with van der Waals surface area (Å²) < 4.78 is 26.5. The summed E-state index contributed by atoms with van der Waals surface area (Å²) >= 11 is 0.555. The van der Waals surface area contributed by atoms with Gasteiger partial charge in [-0.2, -0.15) is 13.9 Å². The summed E-state index contributed by atoms with van der Waals surface area (Å²) in [5.41, 5.74) is 0.731. The number of nitrogens with one attached hydrogen (secondary N) is 1. The molecule has 96 valence electrons. The predicted octanol–water partition coefficient (Wildman–Crippen LogP) is 3.31. The molecule has 1 N–H and O–H groups in total. The van der Waals surface area contributed by atoms with Crippen LogP contribution in [0.15, 0.2) is 47.6 Å². The number of halogens is 2. The largest absolute Gasteiger partial charge is 0.382 e. The molecule has 0 radical (unpaired) electrons. The van der Waals surface area contributed by atoms with Gasteiger partial charge in [0.05, 0.1) is 6.54 Å². The van der Waals surface area contributed by atoms with Gasteiger partial charge in [0, 0.05) is 29.5 Å². The molecular weight excluding hydrogens is 256 g/mol. The van der Waals surface area contributed by atoms with Crippen LogP contribution in [0.1, 0.15) is 0 Å². The van der Waals surface area contributed by atoms with Crippen LogP contribution in [0.2, 0.25) is 0 Å². The Balaban J connectivity index is 1.92. The molecule has 0 aliphatic carbocycles. The monoisotopic (exact) mass is 269 g/mol. The number of alkyl halides is 2. The highest BCUT2D eigenvalue weighted by Crippen LogP contribution is 2.31. The zero-order chi connectivity index (χ0) is 12.8. The summed E-state index contributed by atoms with van der Waals surface area (Å²) in [6, 6.07) is 8.91. The summed E-state index contributed by atoms with van der Waals surface area (Å²) in [5.74, 6) is -2.40. The molecule has 1 heterocycles. The fourth-order valence-corrected chi connectivity index (χ4v) is 2.17. The number of benzene rings is 1. The standard InChI is InChI=1S/C12H13F2N3S/c13-12(14)18-11-5-2-1-4-10(11)15-7-9-17-8-3-6-16-17/h1-6,8,12,15H,7,9H2. The zero-order valence-electron chi connectivity index (χ0n) is 9.59. The van der Waals surface area contributed by atoms with E-state index in [0.717, 1.165) is 5.69 Å². The number of hydrogen-bond donors (Lipinski definition) is 1. The van der Waals surface area contributed by atoms with Crippen LogP contribution in [0.3, 0.4) is 0 Å². The lowest BCUT2D eigenvalue weighted by Crippen LogP contribution is -2.11. The normalized spacial score (nSPS) is 10.8. The van der Waals surface area contributed by atoms with Crippen LogP contribution in [0.5, 0.6) is 0 Å². The van der Waals surface area contributed by atoms with Crippen LogP contribution in [0.25, 0.3) is 0 Å². The van der Waals surface area contributed by atoms with Crippen molar-refractivity contribution in [1.29, 1.82) is 0 Å². The van der Waals surface area contributed by atoms with Crippen molar-refractivity contribution in [2.24, 2.45) is 0 Å². The summed E-state index contributed by atoms with van der Waals surface area (Å²) in [6.07, 6.45) is 3.57. The molecule has 1 aromatic carbocycles. The van der Waals surface area contributed by atoms with E-state index in [0.29, 0.717) is 29.7 Å². The molecule has 0 spiro atoms. The second-order valence-electron chi connectivity index (χ2n) is 3.57. The van der Waals surface area contributed by atoms with Crippen LogP contribution < -0.4 is 5.32 Å². The van der Waals surface area contributed by atoms with Crippen LogP contribution in [0.4, 0.5) is 14.5 Å². The fraction of sp³-hybridized carbons (Fsp3) is 0.250. The van der Waals surface area contributed by atoms with E-state index in [9.17, 15) is 8.78 Å². The SMILES string of the molecule is FC(F)Sc1ccccc1NCCn1cccn1. The molecule has 1 aromatic heterocycles. The Morgan fingerprint density at radius 3 is 2.83 bits per heavy atom. The number of para-hydroxylation sites is 1. The van der Waals surface area contributed by atoms with E-state index < -0.39 is 5.76 Å². The van der Waals surface area contributed by atoms with Crippen molar-refractivity contribution in [3.8, 4) is 0 Å². The molecule has 6 heteroatoms. The number of aromatic nitrogens is 2. The first-order chi connectivity index (χ1) is 8.75. The predicted molar refractivity (Wildman–Crippen MR) is 69.0 cm³/mol. The van der Waals surface area contributed by atoms with Crippen molar-refractivity contribution in [1.82, 2.24) is 9.78 Å². The number of rotatable bonds is 6. The summed E-state index contributed by atoms with van der Waals surface area (Å²) in [4.78, 5) is 0.563. The van der Waals surface area contributed by atoms with Crippen LogP contribution in [-0.4, -0.2) is 22.1 Å². The maximum absolute atomic E-state index is 12.4. The van der Waals surface area contributed by atoms with E-state index in [1.165, 1.54) is 0 Å². The van der Waals surface area contributed by atoms with Crippen molar-refractivity contribution >= 4 is 17.4 Å². The molecule has 0 saturated carbocycles. The number of anilines is 1. The molecule has 0 unspecified atom stereocenters. The first-order valence-corrected chi connectivity index (χ1v) is 6.39. The van der Waals surface area contributed by atoms with Gasteiger partial charge >= 0.3 is 0 Å². The summed E-state index contributed by atoms with van der Waals surface area (Å²) in [7, 11) is 0. The van der Waals surface area contributed by atoms with Gasteiger partial charge in [-0.25, -0.2) is 0 Å². The van der Waals surface area contributed by atoms with E-state index in [-0.39, 0.29) is 0 Å². The number of thioether (sulfide) groups is 1. The van der Waals surface area contributed by atoms with Gasteiger partial charge in [0.2, 0.25) is 0 Å². The van der Waals surface area contributed by atoms with Crippen LogP contribution >= 0.6 is 11.8 Å². The second-order valence-corrected chi connectivity index (χ2v) is 4.60. The quantitative estimate of drug-likeness (QED) is 0.816. The van der Waals surface area contributed by atoms with Gasteiger partial charge in [-0.05, 0) is 18.2 Å². The topological polar surface area (TPSA) is 29.9 Å². The van der Waals surface area contributed by atoms with Gasteiger partial charge in [0.25, 0.3) is 5.76 Å². The van der Waals surface area contributed by atoms with Crippen molar-refractivity contribution in [3.63, 3.8) is 0 Å². The third-order valence-corrected chi connectivity index (χ3v) is 3.11. The molecular formula is C12H13F2N3S. The molecule has 0 saturated heterocycles. The molecule has 0 atom stereocenters. The van der Waals surface area contributed by atoms with Crippen molar-refractivity contribution in [3.05, 3.63) is 42.7 Å². The Bertz CT molecular complexity index is 474. The van der Waals surface area contributed by atoms with Gasteiger partial charge in [0.1, 0.15) is 0 Å². The Morgan fingerprint density at radius 2 is 2.11 bits per heavy atom. The van der Waals surface area contributed by atoms with E-state index in [1.807, 2.05) is 18.3 Å². The van der Waals surface area contributed by atoms with Gasteiger partial charge in [0.15, 0.2) is 0 Å². The zero-order valence-corrected chi connectivity index (χ0v) is 10.4. The molecule has 0 aliphatic rings. The van der Waals surface area contributed by atoms with E-state index in [2.05, 4.69) is 10.4 Å². The maximum Gasteiger partial charge on any atom is 0.288 e. The highest BCUT2D eigenvalue weighted by atomic mass is 32.2. The lowest BCUT2D eigenvalue weighted by molar-refractivity contribution is 0.252. The highest BCUT2D eigenvalue weighted by Gasteiger charge is 2.08. The second kappa shape index (κ2) is 6.39. The van der Waals surface area contributed by atoms with Crippen molar-refractivity contribution in [2.45, 2.75) is 17.2 Å². The number of hydrogen-bond acceptors (Lipinski definition) is 3. The van der Waals surface area contributed by atoms with Crippen LogP contribution in [0, 0.1) is 0 Å². The van der Waals surface area contributed by atoms with E-state index in [4.69, 9.17) is 0 Å². The Labute approximate surface area is 108 Å². The van der Waals surface area contributed by atoms with Gasteiger partial charge in [-0.3, -0.25) is 4.68 Å². The molecule has 2 rings (SSSR count). The molecule has 2 aromatic rings. The van der Waals surface area contributed by atoms with Gasteiger partial charge in [-0.15, -0.1) is 0 Å². The lowest BCUT2D eigenvalue weighted by Gasteiger charge is -2.11. The first kappa shape index (κ1) is 12.9. The Morgan fingerprint density at radius 1 is 1.28 bits per heavy atom. The highest BCUT2D eigenvalue weighted by molar-refractivity contribution is 7.99. The van der Waals surface area contributed by atoms with Gasteiger partial charge < -0.3 is 5.32 Å². The molecule has 0 bridgehead atoms. The summed E-state index contributed by atoms with van der Waals surface area (Å²) in [6.45, 7) is 1.34. The van der Waals surface area contributed by atoms with E-state index >= 15 is 0 Å². The minimum Gasteiger partial charge on any atom is -0.382 e.